The van der Waals surface area contributed by atoms with Crippen LogP contribution < -0.4 is 4.74 Å². The number of carbonyl (C=O) groups excluding carboxylic acids is 1. The van der Waals surface area contributed by atoms with Gasteiger partial charge in [0.1, 0.15) is 11.6 Å². The SMILES string of the molecule is CCOc1ccc(C(=O)CSc2nnc(C3CC3)n2CC)cc1. The summed E-state index contributed by atoms with van der Waals surface area (Å²) in [6, 6.07) is 7.30. The number of ether oxygens (including phenoxy) is 1. The molecule has 0 unspecified atom stereocenters. The Morgan fingerprint density at radius 2 is 2.00 bits per heavy atom. The molecular weight excluding hydrogens is 310 g/mol. The average molecular weight is 331 g/mol. The van der Waals surface area contributed by atoms with Gasteiger partial charge in [-0.15, -0.1) is 10.2 Å². The molecule has 6 heteroatoms. The molecule has 0 saturated heterocycles. The number of hydrogen-bond donors (Lipinski definition) is 0. The first-order valence-corrected chi connectivity index (χ1v) is 9.03. The Morgan fingerprint density at radius 3 is 2.61 bits per heavy atom. The molecule has 0 radical (unpaired) electrons. The summed E-state index contributed by atoms with van der Waals surface area (Å²) in [6.45, 7) is 5.50. The number of thioether (sulfide) groups is 1. The van der Waals surface area contributed by atoms with E-state index in [1.165, 1.54) is 24.6 Å². The van der Waals surface area contributed by atoms with Crippen LogP contribution in [0.3, 0.4) is 0 Å². The molecule has 1 fully saturated rings. The molecule has 0 atom stereocenters. The van der Waals surface area contributed by atoms with E-state index in [1.54, 1.807) is 0 Å². The summed E-state index contributed by atoms with van der Waals surface area (Å²) in [6.07, 6.45) is 2.40. The number of Topliss-reactive ketones (excluding diaryl/α,β-unsaturated/α-hetero) is 1. The average Bonchev–Trinajstić information content (AvgIpc) is 3.33. The Balaban J connectivity index is 1.62. The summed E-state index contributed by atoms with van der Waals surface area (Å²) in [4.78, 5) is 12.3. The summed E-state index contributed by atoms with van der Waals surface area (Å²) in [7, 11) is 0. The molecule has 1 aliphatic carbocycles. The van der Waals surface area contributed by atoms with E-state index in [0.717, 1.165) is 23.3 Å². The Labute approximate surface area is 140 Å². The highest BCUT2D eigenvalue weighted by Crippen LogP contribution is 2.40. The van der Waals surface area contributed by atoms with Gasteiger partial charge in [0.25, 0.3) is 0 Å². The molecular formula is C17H21N3O2S. The lowest BCUT2D eigenvalue weighted by Crippen LogP contribution is -2.06. The molecule has 1 heterocycles. The molecule has 0 spiro atoms. The second kappa shape index (κ2) is 7.17. The normalized spacial score (nSPS) is 14.0. The molecule has 0 N–H and O–H groups in total. The zero-order valence-corrected chi connectivity index (χ0v) is 14.3. The van der Waals surface area contributed by atoms with Crippen molar-refractivity contribution >= 4 is 17.5 Å². The molecule has 3 rings (SSSR count). The maximum atomic E-state index is 12.3. The zero-order chi connectivity index (χ0) is 16.2. The summed E-state index contributed by atoms with van der Waals surface area (Å²) in [5.74, 6) is 2.90. The number of benzene rings is 1. The van der Waals surface area contributed by atoms with Gasteiger partial charge in [0, 0.05) is 18.0 Å². The third kappa shape index (κ3) is 3.75. The van der Waals surface area contributed by atoms with E-state index < -0.39 is 0 Å². The number of carbonyl (C=O) groups is 1. The van der Waals surface area contributed by atoms with Crippen molar-refractivity contribution in [1.82, 2.24) is 14.8 Å². The minimum atomic E-state index is 0.0941. The van der Waals surface area contributed by atoms with Crippen molar-refractivity contribution in [1.29, 1.82) is 0 Å². The zero-order valence-electron chi connectivity index (χ0n) is 13.5. The fourth-order valence-electron chi connectivity index (χ4n) is 2.46. The fourth-order valence-corrected chi connectivity index (χ4v) is 3.37. The quantitative estimate of drug-likeness (QED) is 0.547. The molecule has 23 heavy (non-hydrogen) atoms. The lowest BCUT2D eigenvalue weighted by Gasteiger charge is -2.07. The monoisotopic (exact) mass is 331 g/mol. The first kappa shape index (κ1) is 16.1. The van der Waals surface area contributed by atoms with Gasteiger partial charge in [-0.1, -0.05) is 11.8 Å². The maximum absolute atomic E-state index is 12.3. The molecule has 0 amide bonds. The van der Waals surface area contributed by atoms with Crippen LogP contribution in [-0.4, -0.2) is 32.9 Å². The third-order valence-corrected chi connectivity index (χ3v) is 4.79. The topological polar surface area (TPSA) is 57.0 Å². The fraction of sp³-hybridized carbons (Fsp3) is 0.471. The van der Waals surface area contributed by atoms with Crippen LogP contribution >= 0.6 is 11.8 Å². The van der Waals surface area contributed by atoms with Crippen LogP contribution in [0.25, 0.3) is 0 Å². The highest BCUT2D eigenvalue weighted by Gasteiger charge is 2.30. The van der Waals surface area contributed by atoms with Gasteiger partial charge >= 0.3 is 0 Å². The lowest BCUT2D eigenvalue weighted by molar-refractivity contribution is 0.102. The minimum absolute atomic E-state index is 0.0941. The van der Waals surface area contributed by atoms with E-state index >= 15 is 0 Å². The van der Waals surface area contributed by atoms with Gasteiger partial charge in [0.2, 0.25) is 0 Å². The van der Waals surface area contributed by atoms with E-state index in [9.17, 15) is 4.79 Å². The van der Waals surface area contributed by atoms with Crippen LogP contribution in [0.1, 0.15) is 48.8 Å². The molecule has 122 valence electrons. The number of aromatic nitrogens is 3. The van der Waals surface area contributed by atoms with E-state index in [0.29, 0.717) is 23.8 Å². The van der Waals surface area contributed by atoms with Gasteiger partial charge in [-0.25, -0.2) is 0 Å². The largest absolute Gasteiger partial charge is 0.494 e. The van der Waals surface area contributed by atoms with Crippen LogP contribution in [-0.2, 0) is 6.54 Å². The number of ketones is 1. The van der Waals surface area contributed by atoms with Crippen LogP contribution in [0.2, 0.25) is 0 Å². The van der Waals surface area contributed by atoms with Gasteiger partial charge in [0.15, 0.2) is 10.9 Å². The molecule has 1 saturated carbocycles. The second-order valence-electron chi connectivity index (χ2n) is 5.53. The predicted octanol–water partition coefficient (Wildman–Crippen LogP) is 3.55. The van der Waals surface area contributed by atoms with E-state index in [1.807, 2.05) is 31.2 Å². The molecule has 1 aromatic heterocycles. The van der Waals surface area contributed by atoms with Crippen molar-refractivity contribution in [3.8, 4) is 5.75 Å². The molecule has 0 aliphatic heterocycles. The summed E-state index contributed by atoms with van der Waals surface area (Å²) >= 11 is 1.46. The number of nitrogens with zero attached hydrogens (tertiary/aromatic N) is 3. The minimum Gasteiger partial charge on any atom is -0.494 e. The Morgan fingerprint density at radius 1 is 1.26 bits per heavy atom. The van der Waals surface area contributed by atoms with Gasteiger partial charge in [-0.2, -0.15) is 0 Å². The Bertz CT molecular complexity index is 678. The first-order valence-electron chi connectivity index (χ1n) is 8.04. The van der Waals surface area contributed by atoms with Crippen molar-refractivity contribution in [3.63, 3.8) is 0 Å². The Hall–Kier alpha value is -1.82. The molecule has 2 aromatic rings. The van der Waals surface area contributed by atoms with E-state index in [4.69, 9.17) is 4.74 Å². The smallest absolute Gasteiger partial charge is 0.191 e. The molecule has 0 bridgehead atoms. The summed E-state index contributed by atoms with van der Waals surface area (Å²) in [5.41, 5.74) is 0.700. The van der Waals surface area contributed by atoms with Crippen molar-refractivity contribution in [3.05, 3.63) is 35.7 Å². The van der Waals surface area contributed by atoms with Crippen molar-refractivity contribution in [2.24, 2.45) is 0 Å². The number of rotatable bonds is 8. The van der Waals surface area contributed by atoms with E-state index in [-0.39, 0.29) is 5.78 Å². The van der Waals surface area contributed by atoms with Crippen LogP contribution in [0, 0.1) is 0 Å². The summed E-state index contributed by atoms with van der Waals surface area (Å²) < 4.78 is 7.53. The summed E-state index contributed by atoms with van der Waals surface area (Å²) in [5, 5.41) is 9.39. The van der Waals surface area contributed by atoms with Gasteiger partial charge in [0.05, 0.1) is 12.4 Å². The first-order chi connectivity index (χ1) is 11.2. The predicted molar refractivity (Wildman–Crippen MR) is 90.3 cm³/mol. The van der Waals surface area contributed by atoms with Gasteiger partial charge < -0.3 is 9.30 Å². The second-order valence-corrected chi connectivity index (χ2v) is 6.47. The Kier molecular flexibility index (Phi) is 5.00. The molecule has 1 aromatic carbocycles. The number of hydrogen-bond acceptors (Lipinski definition) is 5. The highest BCUT2D eigenvalue weighted by molar-refractivity contribution is 7.99. The van der Waals surface area contributed by atoms with Crippen LogP contribution in [0.4, 0.5) is 0 Å². The van der Waals surface area contributed by atoms with Gasteiger partial charge in [-0.3, -0.25) is 4.79 Å². The van der Waals surface area contributed by atoms with Gasteiger partial charge in [-0.05, 0) is 51.0 Å². The van der Waals surface area contributed by atoms with Crippen LogP contribution in [0.15, 0.2) is 29.4 Å². The van der Waals surface area contributed by atoms with Crippen LogP contribution in [0.5, 0.6) is 5.75 Å². The maximum Gasteiger partial charge on any atom is 0.191 e. The standard InChI is InChI=1S/C17H21N3O2S/c1-3-20-16(13-5-6-13)18-19-17(20)23-11-15(21)12-7-9-14(10-8-12)22-4-2/h7-10,13H,3-6,11H2,1-2H3. The van der Waals surface area contributed by atoms with Crippen molar-refractivity contribution in [2.45, 2.75) is 44.3 Å². The third-order valence-electron chi connectivity index (χ3n) is 3.82. The highest BCUT2D eigenvalue weighted by atomic mass is 32.2. The lowest BCUT2D eigenvalue weighted by atomic mass is 10.1. The van der Waals surface area contributed by atoms with E-state index in [2.05, 4.69) is 21.7 Å². The van der Waals surface area contributed by atoms with Crippen molar-refractivity contribution in [2.75, 3.05) is 12.4 Å². The van der Waals surface area contributed by atoms with Crippen molar-refractivity contribution < 1.29 is 9.53 Å². The molecule has 5 nitrogen and oxygen atoms in total. The molecule has 1 aliphatic rings.